The van der Waals surface area contributed by atoms with Crippen LogP contribution in [0.3, 0.4) is 0 Å². The normalized spacial score (nSPS) is 26.0. The van der Waals surface area contributed by atoms with Crippen LogP contribution in [0.25, 0.3) is 0 Å². The second kappa shape index (κ2) is 10.6. The van der Waals surface area contributed by atoms with E-state index in [9.17, 15) is 15.0 Å². The number of nitrogens with one attached hydrogen (secondary N) is 1. The highest BCUT2D eigenvalue weighted by Crippen LogP contribution is 2.21. The summed E-state index contributed by atoms with van der Waals surface area (Å²) in [4.78, 5) is 13.2. The van der Waals surface area contributed by atoms with Gasteiger partial charge in [-0.15, -0.1) is 6.58 Å². The number of phenols is 2. The molecule has 1 fully saturated rings. The average Bonchev–Trinajstić information content (AvgIpc) is 2.83. The first-order chi connectivity index (χ1) is 17.6. The van der Waals surface area contributed by atoms with Gasteiger partial charge in [0, 0.05) is 49.1 Å². The number of benzene rings is 2. The van der Waals surface area contributed by atoms with Crippen LogP contribution in [0.5, 0.6) is 11.5 Å². The van der Waals surface area contributed by atoms with Crippen LogP contribution in [-0.2, 0) is 17.8 Å². The summed E-state index contributed by atoms with van der Waals surface area (Å²) in [5.74, 6) is -1.19. The lowest BCUT2D eigenvalue weighted by molar-refractivity contribution is -0.122. The smallest absolute Gasteiger partial charge is 0.254 e. The molecule has 2 aromatic carbocycles. The molecule has 1 aliphatic heterocycles. The minimum absolute atomic E-state index is 0.0794. The third-order valence-electron chi connectivity index (χ3n) is 4.13. The molecule has 158 valence electrons. The molecule has 7 nitrogen and oxygen atoms in total. The predicted molar refractivity (Wildman–Crippen MR) is 118 cm³/mol. The Morgan fingerprint density at radius 3 is 2.53 bits per heavy atom. The SMILES string of the molecule is [2H]C1([2H])N(CC(=O)N/N=C/c2cccc(CC=C)c2O)C([2H])([2H])C([2H])([2H])N(Cc2ccc(O)cc2)C1([2H])[2H]. The van der Waals surface area contributed by atoms with Gasteiger partial charge in [0.2, 0.25) is 0 Å². The van der Waals surface area contributed by atoms with Gasteiger partial charge in [-0.3, -0.25) is 14.6 Å². The summed E-state index contributed by atoms with van der Waals surface area (Å²) < 4.78 is 67.4. The van der Waals surface area contributed by atoms with E-state index in [1.54, 1.807) is 18.2 Å². The van der Waals surface area contributed by atoms with Crippen LogP contribution in [-0.4, -0.2) is 64.7 Å². The maximum atomic E-state index is 12.6. The number of piperazine rings is 1. The van der Waals surface area contributed by atoms with Gasteiger partial charge in [0.1, 0.15) is 11.5 Å². The average molecular weight is 417 g/mol. The van der Waals surface area contributed by atoms with E-state index in [0.717, 1.165) is 6.21 Å². The number of hydrazone groups is 1. The number of allylic oxidation sites excluding steroid dienone is 1. The highest BCUT2D eigenvalue weighted by Gasteiger charge is 2.19. The first kappa shape index (κ1) is 13.2. The van der Waals surface area contributed by atoms with E-state index >= 15 is 0 Å². The van der Waals surface area contributed by atoms with Gasteiger partial charge in [-0.25, -0.2) is 5.43 Å². The van der Waals surface area contributed by atoms with E-state index in [1.807, 2.05) is 0 Å². The fourth-order valence-corrected chi connectivity index (χ4v) is 2.63. The first-order valence-corrected chi connectivity index (χ1v) is 9.14. The third kappa shape index (κ3) is 6.17. The van der Waals surface area contributed by atoms with Crippen LogP contribution in [0, 0.1) is 0 Å². The number of carbonyl (C=O) groups excluding carboxylic acids is 1. The molecule has 0 aliphatic carbocycles. The summed E-state index contributed by atoms with van der Waals surface area (Å²) in [6, 6.07) is 10.2. The third-order valence-corrected chi connectivity index (χ3v) is 4.13. The number of nitrogens with zero attached hydrogens (tertiary/aromatic N) is 3. The number of amides is 1. The van der Waals surface area contributed by atoms with Crippen molar-refractivity contribution in [2.45, 2.75) is 13.0 Å². The highest BCUT2D eigenvalue weighted by atomic mass is 16.3. The van der Waals surface area contributed by atoms with Gasteiger partial charge >= 0.3 is 0 Å². The molecule has 1 amide bonds. The first-order valence-electron chi connectivity index (χ1n) is 13.1. The van der Waals surface area contributed by atoms with E-state index in [-0.39, 0.29) is 22.0 Å². The molecule has 1 heterocycles. The summed E-state index contributed by atoms with van der Waals surface area (Å²) in [6.07, 6.45) is 3.13. The Kier molecular flexibility index (Phi) is 4.65. The fourth-order valence-electron chi connectivity index (χ4n) is 2.63. The number of hydrogen-bond acceptors (Lipinski definition) is 6. The summed E-state index contributed by atoms with van der Waals surface area (Å²) >= 11 is 0. The molecule has 0 bridgehead atoms. The Hall–Kier alpha value is -3.16. The molecule has 30 heavy (non-hydrogen) atoms. The van der Waals surface area contributed by atoms with Crippen molar-refractivity contribution >= 4 is 12.1 Å². The van der Waals surface area contributed by atoms with E-state index in [0.29, 0.717) is 22.4 Å². The Balaban J connectivity index is 1.83. The molecule has 0 saturated carbocycles. The van der Waals surface area contributed by atoms with Gasteiger partial charge in [0.25, 0.3) is 5.91 Å². The van der Waals surface area contributed by atoms with Crippen LogP contribution >= 0.6 is 0 Å². The van der Waals surface area contributed by atoms with E-state index in [1.165, 1.54) is 30.3 Å². The zero-order chi connectivity index (χ0) is 28.5. The summed E-state index contributed by atoms with van der Waals surface area (Å²) in [6.45, 7) is -10.5. The van der Waals surface area contributed by atoms with Crippen molar-refractivity contribution in [1.82, 2.24) is 15.2 Å². The molecule has 1 saturated heterocycles. The van der Waals surface area contributed by atoms with E-state index in [4.69, 9.17) is 11.0 Å². The lowest BCUT2D eigenvalue weighted by atomic mass is 10.1. The van der Waals surface area contributed by atoms with Crippen molar-refractivity contribution in [2.24, 2.45) is 5.10 Å². The van der Waals surface area contributed by atoms with Crippen molar-refractivity contribution in [2.75, 3.05) is 32.5 Å². The summed E-state index contributed by atoms with van der Waals surface area (Å²) in [7, 11) is 0. The Morgan fingerprint density at radius 1 is 1.13 bits per heavy atom. The van der Waals surface area contributed by atoms with Crippen molar-refractivity contribution in [3.05, 3.63) is 71.8 Å². The topological polar surface area (TPSA) is 88.4 Å². The standard InChI is InChI=1S/C23H28N4O3/c1-2-4-19-5-3-6-20(23(19)30)15-24-25-22(29)17-27-13-11-26(12-14-27)16-18-7-9-21(28)10-8-18/h2-3,5-10,15,28,30H,1,4,11-14,16-17H2,(H,25,29)/b24-15+/i11D2,12D2,13D2,14D2. The molecule has 7 heteroatoms. The molecular formula is C23H28N4O3. The molecule has 0 spiro atoms. The lowest BCUT2D eigenvalue weighted by Gasteiger charge is -2.34. The number of rotatable bonds is 8. The number of phenolic OH excluding ortho intramolecular Hbond substituents is 2. The predicted octanol–water partition coefficient (Wildman–Crippen LogP) is 2.09. The van der Waals surface area contributed by atoms with Crippen molar-refractivity contribution in [1.29, 1.82) is 0 Å². The molecule has 0 unspecified atom stereocenters. The molecule has 3 N–H and O–H groups in total. The van der Waals surface area contributed by atoms with Crippen LogP contribution in [0.15, 0.2) is 60.2 Å². The Bertz CT molecular complexity index is 1190. The number of hydrogen-bond donors (Lipinski definition) is 3. The minimum atomic E-state index is -3.17. The maximum Gasteiger partial charge on any atom is 0.254 e. The second-order valence-electron chi connectivity index (χ2n) is 6.43. The van der Waals surface area contributed by atoms with Gasteiger partial charge in [-0.1, -0.05) is 30.3 Å². The lowest BCUT2D eigenvalue weighted by Crippen LogP contribution is -2.48. The second-order valence-corrected chi connectivity index (χ2v) is 6.43. The molecule has 3 rings (SSSR count). The van der Waals surface area contributed by atoms with Gasteiger partial charge in [-0.2, -0.15) is 5.10 Å². The van der Waals surface area contributed by atoms with Gasteiger partial charge in [-0.05, 0) is 35.7 Å². The molecule has 0 atom stereocenters. The maximum absolute atomic E-state index is 12.6. The largest absolute Gasteiger partial charge is 0.508 e. The van der Waals surface area contributed by atoms with Crippen molar-refractivity contribution in [3.63, 3.8) is 0 Å². The molecule has 1 aliphatic rings. The van der Waals surface area contributed by atoms with Gasteiger partial charge < -0.3 is 10.2 Å². The minimum Gasteiger partial charge on any atom is -0.508 e. The number of aromatic hydroxyl groups is 2. The highest BCUT2D eigenvalue weighted by molar-refractivity contribution is 5.86. The van der Waals surface area contributed by atoms with Gasteiger partial charge in [0.05, 0.1) is 12.8 Å². The monoisotopic (exact) mass is 416 g/mol. The molecule has 0 radical (unpaired) electrons. The summed E-state index contributed by atoms with van der Waals surface area (Å²) in [5, 5.41) is 23.5. The zero-order valence-corrected chi connectivity index (χ0v) is 16.2. The van der Waals surface area contributed by atoms with Crippen molar-refractivity contribution < 1.29 is 26.0 Å². The zero-order valence-electron chi connectivity index (χ0n) is 24.2. The van der Waals surface area contributed by atoms with Crippen molar-refractivity contribution in [3.8, 4) is 11.5 Å². The quantitative estimate of drug-likeness (QED) is 0.348. The van der Waals surface area contributed by atoms with Crippen LogP contribution in [0.1, 0.15) is 27.7 Å². The fraction of sp³-hybridized carbons (Fsp3) is 0.304. The summed E-state index contributed by atoms with van der Waals surface area (Å²) in [5.41, 5.74) is 3.24. The van der Waals surface area contributed by atoms with E-state index in [2.05, 4.69) is 17.1 Å². The molecule has 2 aromatic rings. The number of para-hydroxylation sites is 1. The van der Waals surface area contributed by atoms with Crippen LogP contribution in [0.2, 0.25) is 0 Å². The Morgan fingerprint density at radius 2 is 1.83 bits per heavy atom. The molecular weight excluding hydrogens is 380 g/mol. The van der Waals surface area contributed by atoms with E-state index < -0.39 is 45.0 Å². The van der Waals surface area contributed by atoms with Crippen LogP contribution in [0.4, 0.5) is 0 Å². The Labute approximate surface area is 188 Å². The van der Waals surface area contributed by atoms with Gasteiger partial charge in [0.15, 0.2) is 0 Å². The molecule has 0 aromatic heterocycles. The number of carbonyl (C=O) groups is 1. The van der Waals surface area contributed by atoms with Crippen LogP contribution < -0.4 is 5.43 Å².